The number of nitrogens with one attached hydrogen (secondary N) is 3. The van der Waals surface area contributed by atoms with Gasteiger partial charge in [0.2, 0.25) is 0 Å². The molecule has 2 saturated carbocycles. The lowest BCUT2D eigenvalue weighted by atomic mass is 9.96. The molecular formula is C16H22N3O2S+. The topological polar surface area (TPSA) is 62.6 Å². The third-order valence-electron chi connectivity index (χ3n) is 4.87. The van der Waals surface area contributed by atoms with Gasteiger partial charge in [0.05, 0.1) is 6.54 Å². The van der Waals surface area contributed by atoms with Gasteiger partial charge in [0.25, 0.3) is 5.91 Å². The summed E-state index contributed by atoms with van der Waals surface area (Å²) < 4.78 is 0. The molecule has 0 aromatic carbocycles. The summed E-state index contributed by atoms with van der Waals surface area (Å²) in [5, 5.41) is 7.46. The third kappa shape index (κ3) is 3.03. The molecule has 1 unspecified atom stereocenters. The van der Waals surface area contributed by atoms with E-state index in [1.807, 2.05) is 11.3 Å². The van der Waals surface area contributed by atoms with E-state index in [1.165, 1.54) is 28.2 Å². The molecule has 22 heavy (non-hydrogen) atoms. The summed E-state index contributed by atoms with van der Waals surface area (Å²) in [5.41, 5.74) is 1.45. The summed E-state index contributed by atoms with van der Waals surface area (Å²) >= 11 is 1.84. The first-order chi connectivity index (χ1) is 10.7. The molecule has 1 aliphatic heterocycles. The highest BCUT2D eigenvalue weighted by Crippen LogP contribution is 2.42. The van der Waals surface area contributed by atoms with Crippen molar-refractivity contribution in [2.75, 3.05) is 13.1 Å². The Balaban J connectivity index is 1.39. The van der Waals surface area contributed by atoms with Crippen molar-refractivity contribution in [2.45, 2.75) is 44.2 Å². The fraction of sp³-hybridized carbons (Fsp3) is 0.625. The van der Waals surface area contributed by atoms with Crippen LogP contribution in [0.5, 0.6) is 0 Å². The Kier molecular flexibility index (Phi) is 3.66. The zero-order valence-electron chi connectivity index (χ0n) is 12.6. The number of amides is 3. The lowest BCUT2D eigenvalue weighted by Crippen LogP contribution is -3.14. The number of hydrogen-bond acceptors (Lipinski definition) is 3. The fourth-order valence-electron chi connectivity index (χ4n) is 3.52. The van der Waals surface area contributed by atoms with Crippen LogP contribution in [0.1, 0.15) is 42.2 Å². The number of carbonyl (C=O) groups excluding carboxylic acids is 2. The highest BCUT2D eigenvalue weighted by atomic mass is 32.1. The quantitative estimate of drug-likeness (QED) is 0.762. The molecule has 3 N–H and O–H groups in total. The summed E-state index contributed by atoms with van der Waals surface area (Å²) in [4.78, 5) is 26.7. The molecule has 118 valence electrons. The Labute approximate surface area is 134 Å². The van der Waals surface area contributed by atoms with Crippen LogP contribution < -0.4 is 15.5 Å². The van der Waals surface area contributed by atoms with Crippen molar-refractivity contribution in [2.24, 2.45) is 5.92 Å². The van der Waals surface area contributed by atoms with Gasteiger partial charge in [0.1, 0.15) is 6.04 Å². The van der Waals surface area contributed by atoms with E-state index in [4.69, 9.17) is 0 Å². The molecule has 2 atom stereocenters. The molecule has 4 rings (SSSR count). The molecule has 6 heteroatoms. The van der Waals surface area contributed by atoms with Gasteiger partial charge in [-0.3, -0.25) is 10.1 Å². The molecule has 1 aromatic heterocycles. The van der Waals surface area contributed by atoms with Gasteiger partial charge in [-0.25, -0.2) is 4.79 Å². The Morgan fingerprint density at radius 3 is 2.82 bits per heavy atom. The molecule has 3 aliphatic rings. The van der Waals surface area contributed by atoms with Crippen molar-refractivity contribution >= 4 is 23.3 Å². The van der Waals surface area contributed by atoms with E-state index in [1.54, 1.807) is 0 Å². The van der Waals surface area contributed by atoms with Crippen molar-refractivity contribution in [1.82, 2.24) is 10.6 Å². The molecule has 0 spiro atoms. The van der Waals surface area contributed by atoms with Crippen molar-refractivity contribution in [3.63, 3.8) is 0 Å². The molecule has 0 bridgehead atoms. The van der Waals surface area contributed by atoms with Crippen LogP contribution in [0.3, 0.4) is 0 Å². The number of carbonyl (C=O) groups is 2. The molecule has 2 aliphatic carbocycles. The van der Waals surface area contributed by atoms with E-state index < -0.39 is 0 Å². The second kappa shape index (κ2) is 5.66. The van der Waals surface area contributed by atoms with E-state index in [2.05, 4.69) is 22.1 Å². The number of quaternary nitrogens is 1. The second-order valence-corrected chi connectivity index (χ2v) is 7.75. The molecule has 0 saturated heterocycles. The van der Waals surface area contributed by atoms with Crippen molar-refractivity contribution in [3.8, 4) is 0 Å². The number of imide groups is 1. The van der Waals surface area contributed by atoms with Gasteiger partial charge in [-0.1, -0.05) is 0 Å². The van der Waals surface area contributed by atoms with Gasteiger partial charge in [0, 0.05) is 28.8 Å². The van der Waals surface area contributed by atoms with E-state index >= 15 is 0 Å². The monoisotopic (exact) mass is 320 g/mol. The maximum absolute atomic E-state index is 12.2. The minimum absolute atomic E-state index is 0.155. The van der Waals surface area contributed by atoms with Crippen LogP contribution in [0.15, 0.2) is 11.4 Å². The van der Waals surface area contributed by atoms with Crippen LogP contribution in [0.25, 0.3) is 0 Å². The van der Waals surface area contributed by atoms with Crippen LogP contribution >= 0.6 is 11.3 Å². The predicted molar refractivity (Wildman–Crippen MR) is 83.9 cm³/mol. The SMILES string of the molecule is O=C(C[NH+]1CCc2sccc2[C@@H]1C1CC1)NC(=O)NC1CC1. The van der Waals surface area contributed by atoms with Crippen LogP contribution in [-0.2, 0) is 11.2 Å². The fourth-order valence-corrected chi connectivity index (χ4v) is 4.45. The minimum Gasteiger partial charge on any atom is -0.335 e. The van der Waals surface area contributed by atoms with Crippen LogP contribution in [0.4, 0.5) is 4.79 Å². The summed E-state index contributed by atoms with van der Waals surface area (Å²) in [7, 11) is 0. The normalized spacial score (nSPS) is 27.1. The van der Waals surface area contributed by atoms with Gasteiger partial charge >= 0.3 is 6.03 Å². The maximum Gasteiger partial charge on any atom is 0.321 e. The Hall–Kier alpha value is -1.40. The van der Waals surface area contributed by atoms with Gasteiger partial charge in [-0.15, -0.1) is 11.3 Å². The molecule has 1 aromatic rings. The average molecular weight is 320 g/mol. The lowest BCUT2D eigenvalue weighted by molar-refractivity contribution is -0.928. The predicted octanol–water partition coefficient (Wildman–Crippen LogP) is 0.628. The van der Waals surface area contributed by atoms with E-state index in [0.717, 1.165) is 31.7 Å². The third-order valence-corrected chi connectivity index (χ3v) is 5.87. The highest BCUT2D eigenvalue weighted by molar-refractivity contribution is 7.10. The van der Waals surface area contributed by atoms with Gasteiger partial charge < -0.3 is 10.2 Å². The molecule has 3 amide bonds. The number of urea groups is 1. The largest absolute Gasteiger partial charge is 0.335 e. The van der Waals surface area contributed by atoms with Crippen LogP contribution in [0.2, 0.25) is 0 Å². The summed E-state index contributed by atoms with van der Waals surface area (Å²) in [6.07, 6.45) is 5.65. The summed E-state index contributed by atoms with van der Waals surface area (Å²) in [5.74, 6) is 0.564. The molecule has 0 radical (unpaired) electrons. The van der Waals surface area contributed by atoms with Crippen molar-refractivity contribution in [1.29, 1.82) is 0 Å². The first-order valence-corrected chi connectivity index (χ1v) is 9.10. The Morgan fingerprint density at radius 1 is 1.27 bits per heavy atom. The zero-order valence-corrected chi connectivity index (χ0v) is 13.4. The number of thiophene rings is 1. The average Bonchev–Trinajstić information content (AvgIpc) is 3.38. The minimum atomic E-state index is -0.330. The van der Waals surface area contributed by atoms with Crippen LogP contribution in [-0.4, -0.2) is 31.1 Å². The standard InChI is InChI=1S/C16H21N3O2S/c20-14(18-16(21)17-11-3-4-11)9-19-7-5-13-12(6-8-22-13)15(19)10-1-2-10/h6,8,10-11,15H,1-5,7,9H2,(H2,17,18,20,21)/p+1/t15-/m0/s1. The van der Waals surface area contributed by atoms with Crippen LogP contribution in [0, 0.1) is 5.92 Å². The van der Waals surface area contributed by atoms with Gasteiger partial charge in [-0.2, -0.15) is 0 Å². The van der Waals surface area contributed by atoms with Crippen molar-refractivity contribution in [3.05, 3.63) is 21.9 Å². The first-order valence-electron chi connectivity index (χ1n) is 8.22. The first kappa shape index (κ1) is 14.2. The zero-order chi connectivity index (χ0) is 15.1. The lowest BCUT2D eigenvalue weighted by Gasteiger charge is -2.32. The maximum atomic E-state index is 12.2. The highest BCUT2D eigenvalue weighted by Gasteiger charge is 2.43. The number of hydrogen-bond donors (Lipinski definition) is 3. The Morgan fingerprint density at radius 2 is 2.09 bits per heavy atom. The molecule has 5 nitrogen and oxygen atoms in total. The van der Waals surface area contributed by atoms with Gasteiger partial charge in [0.15, 0.2) is 6.54 Å². The Bertz CT molecular complexity index is 592. The second-order valence-electron chi connectivity index (χ2n) is 6.75. The number of fused-ring (bicyclic) bond motifs is 1. The van der Waals surface area contributed by atoms with E-state index in [9.17, 15) is 9.59 Å². The summed E-state index contributed by atoms with van der Waals surface area (Å²) in [6.45, 7) is 1.39. The molecule has 2 heterocycles. The molecule has 2 fully saturated rings. The van der Waals surface area contributed by atoms with E-state index in [0.29, 0.717) is 12.6 Å². The van der Waals surface area contributed by atoms with Gasteiger partial charge in [-0.05, 0) is 37.1 Å². The van der Waals surface area contributed by atoms with E-state index in [-0.39, 0.29) is 18.0 Å². The summed E-state index contributed by atoms with van der Waals surface area (Å²) in [6, 6.07) is 2.64. The van der Waals surface area contributed by atoms with Crippen molar-refractivity contribution < 1.29 is 14.5 Å². The molecular weight excluding hydrogens is 298 g/mol. The smallest absolute Gasteiger partial charge is 0.321 e. The number of rotatable bonds is 4.